The fraction of sp³-hybridized carbons (Fsp3) is 0.633. The second-order valence-electron chi connectivity index (χ2n) is 12.5. The Kier molecular flexibility index (Phi) is 4.97. The molecule has 1 spiro atoms. The first kappa shape index (κ1) is 23.6. The summed E-state index contributed by atoms with van der Waals surface area (Å²) >= 11 is 0. The summed E-state index contributed by atoms with van der Waals surface area (Å²) in [4.78, 5) is 13.7. The lowest BCUT2D eigenvalue weighted by Gasteiger charge is -2.60. The van der Waals surface area contributed by atoms with Crippen LogP contribution >= 0.6 is 0 Å². The fourth-order valence-corrected chi connectivity index (χ4v) is 8.09. The van der Waals surface area contributed by atoms with Crippen LogP contribution < -0.4 is 0 Å². The molecule has 35 heavy (non-hydrogen) atoms. The molecule has 3 aliphatic carbocycles. The number of ether oxygens (including phenoxy) is 4. The van der Waals surface area contributed by atoms with E-state index in [4.69, 9.17) is 18.9 Å². The summed E-state index contributed by atoms with van der Waals surface area (Å²) in [6.45, 7) is 17.2. The second-order valence-corrected chi connectivity index (χ2v) is 12.5. The molecule has 2 heterocycles. The van der Waals surface area contributed by atoms with Crippen LogP contribution in [0.25, 0.3) is 0 Å². The van der Waals surface area contributed by atoms with Gasteiger partial charge in [0.25, 0.3) is 0 Å². The number of benzene rings is 1. The average molecular weight is 479 g/mol. The summed E-state index contributed by atoms with van der Waals surface area (Å²) in [6, 6.07) is 10.1. The van der Waals surface area contributed by atoms with Gasteiger partial charge in [0.15, 0.2) is 17.9 Å². The van der Waals surface area contributed by atoms with E-state index < -0.39 is 23.1 Å². The molecular formula is C30H38O5. The van der Waals surface area contributed by atoms with Crippen LogP contribution in [0.1, 0.15) is 79.1 Å². The van der Waals surface area contributed by atoms with Crippen molar-refractivity contribution < 1.29 is 23.7 Å². The first-order valence-electron chi connectivity index (χ1n) is 13.1. The van der Waals surface area contributed by atoms with Gasteiger partial charge in [0.2, 0.25) is 0 Å². The molecule has 2 bridgehead atoms. The molecule has 6 rings (SSSR count). The Morgan fingerprint density at radius 1 is 0.971 bits per heavy atom. The number of carbonyl (C=O) groups is 1. The van der Waals surface area contributed by atoms with Crippen LogP contribution in [0.4, 0.5) is 0 Å². The molecule has 5 heteroatoms. The number of rotatable bonds is 1. The lowest BCUT2D eigenvalue weighted by atomic mass is 9.48. The molecule has 1 aromatic rings. The van der Waals surface area contributed by atoms with Gasteiger partial charge in [-0.2, -0.15) is 0 Å². The van der Waals surface area contributed by atoms with Crippen molar-refractivity contribution in [1.82, 2.24) is 0 Å². The maximum Gasteiger partial charge on any atom is 0.185 e. The van der Waals surface area contributed by atoms with Gasteiger partial charge in [0.1, 0.15) is 11.7 Å². The van der Waals surface area contributed by atoms with Crippen LogP contribution in [0.3, 0.4) is 0 Å². The quantitative estimate of drug-likeness (QED) is 0.460. The Bertz CT molecular complexity index is 1120. The Morgan fingerprint density at radius 2 is 1.69 bits per heavy atom. The predicted octanol–water partition coefficient (Wildman–Crippen LogP) is 6.05. The van der Waals surface area contributed by atoms with E-state index in [-0.39, 0.29) is 35.4 Å². The third kappa shape index (κ3) is 3.05. The second kappa shape index (κ2) is 7.38. The van der Waals surface area contributed by atoms with Gasteiger partial charge in [-0.1, -0.05) is 63.3 Å². The van der Waals surface area contributed by atoms with Gasteiger partial charge in [0.05, 0.1) is 12.2 Å². The van der Waals surface area contributed by atoms with Crippen LogP contribution in [0.5, 0.6) is 0 Å². The topological polar surface area (TPSA) is 54.0 Å². The number of allylic oxidation sites excluding steroid dienone is 1. The maximum absolute atomic E-state index is 13.7. The van der Waals surface area contributed by atoms with Gasteiger partial charge in [-0.05, 0) is 51.2 Å². The molecule has 0 unspecified atom stereocenters. The van der Waals surface area contributed by atoms with Gasteiger partial charge < -0.3 is 18.9 Å². The Labute approximate surface area is 208 Å². The SMILES string of the molecule is C=C1CCC[C@@]2(C)[C@H]3OC(C)(C)O[C@@H]3C3=C(C)C(=O)C[C@]4(O[C@@H](c5ccccc5)O[C@H]4[C@H]12)C3(C)C. The molecule has 4 fully saturated rings. The van der Waals surface area contributed by atoms with Crippen LogP contribution in [0.2, 0.25) is 0 Å². The van der Waals surface area contributed by atoms with Crippen LogP contribution in [0.15, 0.2) is 53.6 Å². The third-order valence-corrected chi connectivity index (χ3v) is 9.79. The number of carbonyl (C=O) groups excluding carboxylic acids is 1. The first-order valence-corrected chi connectivity index (χ1v) is 13.1. The van der Waals surface area contributed by atoms with E-state index in [0.717, 1.165) is 36.0 Å². The van der Waals surface area contributed by atoms with Crippen molar-refractivity contribution in [2.45, 2.75) is 103 Å². The average Bonchev–Trinajstić information content (AvgIpc) is 3.31. The summed E-state index contributed by atoms with van der Waals surface area (Å²) < 4.78 is 27.3. The zero-order valence-corrected chi connectivity index (χ0v) is 21.9. The molecule has 0 N–H and O–H groups in total. The summed E-state index contributed by atoms with van der Waals surface area (Å²) in [5.74, 6) is -0.646. The fourth-order valence-electron chi connectivity index (χ4n) is 8.09. The normalized spacial score (nSPS) is 43.8. The van der Waals surface area contributed by atoms with E-state index in [0.29, 0.717) is 6.42 Å². The number of ketones is 1. The van der Waals surface area contributed by atoms with Gasteiger partial charge in [-0.3, -0.25) is 4.79 Å². The predicted molar refractivity (Wildman–Crippen MR) is 132 cm³/mol. The van der Waals surface area contributed by atoms with Crippen molar-refractivity contribution in [3.8, 4) is 0 Å². The molecule has 0 aromatic heterocycles. The van der Waals surface area contributed by atoms with Crippen LogP contribution in [-0.4, -0.2) is 35.5 Å². The monoisotopic (exact) mass is 478 g/mol. The molecular weight excluding hydrogens is 440 g/mol. The molecule has 188 valence electrons. The Balaban J connectivity index is 1.62. The number of hydrogen-bond donors (Lipinski definition) is 0. The van der Waals surface area contributed by atoms with Crippen LogP contribution in [0, 0.1) is 16.7 Å². The minimum absolute atomic E-state index is 0.0120. The zero-order valence-electron chi connectivity index (χ0n) is 21.9. The van der Waals surface area contributed by atoms with Gasteiger partial charge in [-0.25, -0.2) is 0 Å². The van der Waals surface area contributed by atoms with Crippen molar-refractivity contribution >= 4 is 5.78 Å². The molecule has 5 nitrogen and oxygen atoms in total. The molecule has 7 atom stereocenters. The summed E-state index contributed by atoms with van der Waals surface area (Å²) in [5.41, 5.74) is 2.35. The molecule has 0 amide bonds. The van der Waals surface area contributed by atoms with Gasteiger partial charge >= 0.3 is 0 Å². The Hall–Kier alpha value is -1.79. The molecule has 2 saturated heterocycles. The van der Waals surface area contributed by atoms with Crippen molar-refractivity contribution in [2.24, 2.45) is 16.7 Å². The number of hydrogen-bond acceptors (Lipinski definition) is 5. The van der Waals surface area contributed by atoms with E-state index >= 15 is 0 Å². The zero-order chi connectivity index (χ0) is 25.0. The highest BCUT2D eigenvalue weighted by atomic mass is 16.8. The third-order valence-electron chi connectivity index (χ3n) is 9.79. The molecule has 0 radical (unpaired) electrons. The van der Waals surface area contributed by atoms with Crippen LogP contribution in [-0.2, 0) is 23.7 Å². The molecule has 2 aliphatic heterocycles. The number of fused-ring (bicyclic) bond motifs is 6. The van der Waals surface area contributed by atoms with Crippen molar-refractivity contribution in [1.29, 1.82) is 0 Å². The lowest BCUT2D eigenvalue weighted by Crippen LogP contribution is -2.67. The first-order chi connectivity index (χ1) is 16.4. The maximum atomic E-state index is 13.7. The summed E-state index contributed by atoms with van der Waals surface area (Å²) in [6.07, 6.45) is 1.91. The standard InChI is InChI=1S/C30H38O5/c1-17-12-11-15-29(7)21(17)24-30(35-26(32-24)19-13-9-8-10-14-19)16-20(31)18(2)22(27(30,3)4)23-25(29)34-28(5,6)33-23/h8-10,13-14,21,23-26H,1,11-12,15-16H2,2-7H3/t21-,23+,24-,25-,26-,29+,30+/m0/s1. The highest BCUT2D eigenvalue weighted by Gasteiger charge is 2.72. The Morgan fingerprint density at radius 3 is 2.40 bits per heavy atom. The van der Waals surface area contributed by atoms with E-state index in [2.05, 4.69) is 27.4 Å². The van der Waals surface area contributed by atoms with Gasteiger partial charge in [0, 0.05) is 28.7 Å². The highest BCUT2D eigenvalue weighted by Crippen LogP contribution is 2.67. The van der Waals surface area contributed by atoms with Gasteiger partial charge in [-0.15, -0.1) is 0 Å². The van der Waals surface area contributed by atoms with Crippen molar-refractivity contribution in [3.05, 3.63) is 59.2 Å². The smallest absolute Gasteiger partial charge is 0.185 e. The van der Waals surface area contributed by atoms with Crippen molar-refractivity contribution in [3.63, 3.8) is 0 Å². The number of Topliss-reactive ketones (excluding diaryl/α,β-unsaturated/α-hetero) is 1. The molecule has 2 saturated carbocycles. The summed E-state index contributed by atoms with van der Waals surface area (Å²) in [5, 5.41) is 0. The summed E-state index contributed by atoms with van der Waals surface area (Å²) in [7, 11) is 0. The van der Waals surface area contributed by atoms with E-state index in [1.165, 1.54) is 5.57 Å². The molecule has 1 aromatic carbocycles. The largest absolute Gasteiger partial charge is 0.344 e. The van der Waals surface area contributed by atoms with Crippen molar-refractivity contribution in [2.75, 3.05) is 0 Å². The van der Waals surface area contributed by atoms with E-state index in [1.807, 2.05) is 51.1 Å². The van der Waals surface area contributed by atoms with E-state index in [1.54, 1.807) is 0 Å². The highest BCUT2D eigenvalue weighted by molar-refractivity contribution is 5.98. The van der Waals surface area contributed by atoms with E-state index in [9.17, 15) is 4.79 Å². The lowest BCUT2D eigenvalue weighted by molar-refractivity contribution is -0.170. The minimum atomic E-state index is -0.827. The minimum Gasteiger partial charge on any atom is -0.344 e. The molecule has 5 aliphatic rings.